The zero-order valence-corrected chi connectivity index (χ0v) is 19.0. The summed E-state index contributed by atoms with van der Waals surface area (Å²) in [5.41, 5.74) is 2.60. The monoisotopic (exact) mass is 437 g/mol. The highest BCUT2D eigenvalue weighted by atomic mass is 32.2. The number of hydrogen-bond donors (Lipinski definition) is 2. The smallest absolute Gasteiger partial charge is 0.211 e. The third-order valence-corrected chi connectivity index (χ3v) is 7.19. The average Bonchev–Trinajstić information content (AvgIpc) is 2.75. The van der Waals surface area contributed by atoms with Crippen LogP contribution in [-0.2, 0) is 27.8 Å². The second-order valence-corrected chi connectivity index (χ2v) is 10.1. The van der Waals surface area contributed by atoms with Gasteiger partial charge in [0.15, 0.2) is 5.96 Å². The molecule has 0 saturated carbocycles. The van der Waals surface area contributed by atoms with Crippen molar-refractivity contribution in [2.75, 3.05) is 59.2 Å². The maximum Gasteiger partial charge on any atom is 0.211 e. The van der Waals surface area contributed by atoms with Crippen molar-refractivity contribution in [1.82, 2.24) is 19.8 Å². The summed E-state index contributed by atoms with van der Waals surface area (Å²) in [6.07, 6.45) is 3.03. The van der Waals surface area contributed by atoms with Crippen LogP contribution in [0.15, 0.2) is 29.3 Å². The van der Waals surface area contributed by atoms with Gasteiger partial charge in [0.2, 0.25) is 10.0 Å². The highest BCUT2D eigenvalue weighted by Gasteiger charge is 2.24. The van der Waals surface area contributed by atoms with Gasteiger partial charge in [-0.25, -0.2) is 12.7 Å². The molecule has 0 aromatic heterocycles. The van der Waals surface area contributed by atoms with Crippen LogP contribution in [0.2, 0.25) is 0 Å². The molecule has 0 amide bonds. The zero-order chi connectivity index (χ0) is 21.4. The fourth-order valence-electron chi connectivity index (χ4n) is 3.97. The maximum atomic E-state index is 11.7. The first-order valence-corrected chi connectivity index (χ1v) is 12.6. The van der Waals surface area contributed by atoms with Gasteiger partial charge in [-0.2, -0.15) is 0 Å². The molecule has 2 saturated heterocycles. The van der Waals surface area contributed by atoms with E-state index in [1.54, 1.807) is 11.4 Å². The topological polar surface area (TPSA) is 86.3 Å². The number of sulfonamides is 1. The number of guanidine groups is 1. The van der Waals surface area contributed by atoms with Crippen molar-refractivity contribution in [2.24, 2.45) is 10.9 Å². The average molecular weight is 438 g/mol. The summed E-state index contributed by atoms with van der Waals surface area (Å²) in [4.78, 5) is 6.78. The fraction of sp³-hybridized carbons (Fsp3) is 0.667. The SMILES string of the molecule is CN=C(NCc1ccccc1CN1CCOCC1)NCC1CCN(S(C)(=O)=O)CC1. The minimum atomic E-state index is -3.07. The Morgan fingerprint density at radius 1 is 1.10 bits per heavy atom. The summed E-state index contributed by atoms with van der Waals surface area (Å²) in [6, 6.07) is 8.52. The van der Waals surface area contributed by atoms with Gasteiger partial charge >= 0.3 is 0 Å². The molecule has 2 aliphatic rings. The molecule has 2 N–H and O–H groups in total. The standard InChI is InChI=1S/C21H35N5O3S/c1-22-21(23-15-18-7-9-26(10-8-18)30(2,27)28)24-16-19-5-3-4-6-20(19)17-25-11-13-29-14-12-25/h3-6,18H,7-17H2,1-2H3,(H2,22,23,24). The van der Waals surface area contributed by atoms with Gasteiger partial charge in [0.05, 0.1) is 19.5 Å². The molecular weight excluding hydrogens is 402 g/mol. The lowest BCUT2D eigenvalue weighted by Crippen LogP contribution is -2.43. The lowest BCUT2D eigenvalue weighted by Gasteiger charge is -2.30. The van der Waals surface area contributed by atoms with E-state index in [0.717, 1.165) is 58.2 Å². The van der Waals surface area contributed by atoms with Crippen molar-refractivity contribution < 1.29 is 13.2 Å². The molecule has 0 unspecified atom stereocenters. The van der Waals surface area contributed by atoms with E-state index in [2.05, 4.69) is 44.8 Å². The van der Waals surface area contributed by atoms with Gasteiger partial charge in [0.1, 0.15) is 0 Å². The molecule has 9 heteroatoms. The first kappa shape index (κ1) is 23.0. The number of hydrogen-bond acceptors (Lipinski definition) is 5. The van der Waals surface area contributed by atoms with E-state index in [0.29, 0.717) is 25.6 Å². The third-order valence-electron chi connectivity index (χ3n) is 5.89. The molecule has 0 aliphatic carbocycles. The molecule has 0 bridgehead atoms. The van der Waals surface area contributed by atoms with Crippen molar-refractivity contribution >= 4 is 16.0 Å². The van der Waals surface area contributed by atoms with Crippen LogP contribution in [-0.4, -0.2) is 82.8 Å². The summed E-state index contributed by atoms with van der Waals surface area (Å²) in [5.74, 6) is 1.23. The summed E-state index contributed by atoms with van der Waals surface area (Å²) < 4.78 is 30.3. The highest BCUT2D eigenvalue weighted by molar-refractivity contribution is 7.88. The summed E-state index contributed by atoms with van der Waals surface area (Å²) in [7, 11) is -1.29. The molecular formula is C21H35N5O3S. The molecule has 0 spiro atoms. The fourth-order valence-corrected chi connectivity index (χ4v) is 4.84. The first-order valence-electron chi connectivity index (χ1n) is 10.7. The lowest BCUT2D eigenvalue weighted by atomic mass is 9.98. The molecule has 3 rings (SSSR count). The van der Waals surface area contributed by atoms with Crippen LogP contribution >= 0.6 is 0 Å². The van der Waals surface area contributed by atoms with Crippen LogP contribution < -0.4 is 10.6 Å². The molecule has 2 aliphatic heterocycles. The molecule has 30 heavy (non-hydrogen) atoms. The number of aliphatic imine (C=N–C) groups is 1. The van der Waals surface area contributed by atoms with Crippen molar-refractivity contribution in [3.63, 3.8) is 0 Å². The van der Waals surface area contributed by atoms with E-state index in [9.17, 15) is 8.42 Å². The minimum Gasteiger partial charge on any atom is -0.379 e. The van der Waals surface area contributed by atoms with Crippen LogP contribution in [0.25, 0.3) is 0 Å². The maximum absolute atomic E-state index is 11.7. The Hall–Kier alpha value is -1.68. The molecule has 1 aromatic carbocycles. The second kappa shape index (κ2) is 11.1. The molecule has 1 aromatic rings. The van der Waals surface area contributed by atoms with Gasteiger partial charge in [-0.1, -0.05) is 24.3 Å². The van der Waals surface area contributed by atoms with Gasteiger partial charge in [-0.3, -0.25) is 9.89 Å². The van der Waals surface area contributed by atoms with Crippen molar-refractivity contribution in [3.8, 4) is 0 Å². The lowest BCUT2D eigenvalue weighted by molar-refractivity contribution is 0.0341. The van der Waals surface area contributed by atoms with Gasteiger partial charge in [-0.15, -0.1) is 0 Å². The predicted molar refractivity (Wildman–Crippen MR) is 120 cm³/mol. The normalized spacial score (nSPS) is 20.3. The van der Waals surface area contributed by atoms with E-state index in [1.165, 1.54) is 17.4 Å². The Labute approximate surface area is 180 Å². The van der Waals surface area contributed by atoms with Crippen LogP contribution in [0.4, 0.5) is 0 Å². The molecule has 0 atom stereocenters. The van der Waals surface area contributed by atoms with Crippen molar-refractivity contribution in [1.29, 1.82) is 0 Å². The summed E-state index contributed by atoms with van der Waals surface area (Å²) in [6.45, 7) is 7.22. The predicted octanol–water partition coefficient (Wildman–Crippen LogP) is 0.855. The van der Waals surface area contributed by atoms with E-state index in [4.69, 9.17) is 4.74 Å². The van der Waals surface area contributed by atoms with E-state index < -0.39 is 10.0 Å². The van der Waals surface area contributed by atoms with Gasteiger partial charge in [0, 0.05) is 52.9 Å². The van der Waals surface area contributed by atoms with Crippen LogP contribution in [0.1, 0.15) is 24.0 Å². The number of piperidine rings is 1. The van der Waals surface area contributed by atoms with E-state index in [1.807, 2.05) is 0 Å². The molecule has 2 heterocycles. The largest absolute Gasteiger partial charge is 0.379 e. The second-order valence-electron chi connectivity index (χ2n) is 8.07. The number of nitrogens with zero attached hydrogens (tertiary/aromatic N) is 3. The minimum absolute atomic E-state index is 0.454. The Morgan fingerprint density at radius 2 is 1.77 bits per heavy atom. The number of morpholine rings is 1. The zero-order valence-electron chi connectivity index (χ0n) is 18.1. The Kier molecular flexibility index (Phi) is 8.50. The first-order chi connectivity index (χ1) is 14.5. The van der Waals surface area contributed by atoms with Gasteiger partial charge < -0.3 is 15.4 Å². The van der Waals surface area contributed by atoms with Crippen molar-refractivity contribution in [3.05, 3.63) is 35.4 Å². The molecule has 8 nitrogen and oxygen atoms in total. The molecule has 168 valence electrons. The van der Waals surface area contributed by atoms with E-state index >= 15 is 0 Å². The van der Waals surface area contributed by atoms with Gasteiger partial charge in [0.25, 0.3) is 0 Å². The molecule has 0 radical (unpaired) electrons. The number of ether oxygens (including phenoxy) is 1. The highest BCUT2D eigenvalue weighted by Crippen LogP contribution is 2.18. The van der Waals surface area contributed by atoms with Crippen molar-refractivity contribution in [2.45, 2.75) is 25.9 Å². The molecule has 2 fully saturated rings. The Bertz CT molecular complexity index is 801. The quantitative estimate of drug-likeness (QED) is 0.486. The number of nitrogens with one attached hydrogen (secondary N) is 2. The van der Waals surface area contributed by atoms with Crippen LogP contribution in [0, 0.1) is 5.92 Å². The van der Waals surface area contributed by atoms with E-state index in [-0.39, 0.29) is 0 Å². The van der Waals surface area contributed by atoms with Crippen LogP contribution in [0.3, 0.4) is 0 Å². The van der Waals surface area contributed by atoms with Gasteiger partial charge in [-0.05, 0) is 29.9 Å². The Morgan fingerprint density at radius 3 is 2.40 bits per heavy atom. The number of benzene rings is 1. The summed E-state index contributed by atoms with van der Waals surface area (Å²) >= 11 is 0. The van der Waals surface area contributed by atoms with Crippen LogP contribution in [0.5, 0.6) is 0 Å². The Balaban J connectivity index is 1.46. The summed E-state index contributed by atoms with van der Waals surface area (Å²) in [5, 5.41) is 6.83. The third kappa shape index (κ3) is 6.94. The number of rotatable bonds is 7.